The topological polar surface area (TPSA) is 145 Å². The molecular weight excluding hydrogens is 442 g/mol. The first-order valence-electron chi connectivity index (χ1n) is 11.0. The molecule has 1 aromatic rings. The fourth-order valence-corrected chi connectivity index (χ4v) is 5.58. The van der Waals surface area contributed by atoms with Crippen LogP contribution in [0, 0.1) is 5.92 Å². The predicted octanol–water partition coefficient (Wildman–Crippen LogP) is -1.08. The van der Waals surface area contributed by atoms with Crippen molar-refractivity contribution in [2.75, 3.05) is 18.0 Å². The summed E-state index contributed by atoms with van der Waals surface area (Å²) in [4.78, 5) is 65.6. The molecule has 5 rings (SSSR count). The highest BCUT2D eigenvalue weighted by atomic mass is 16.4. The van der Waals surface area contributed by atoms with Crippen LogP contribution in [-0.2, 0) is 30.5 Å². The minimum absolute atomic E-state index is 0.0158. The van der Waals surface area contributed by atoms with Crippen molar-refractivity contribution in [3.63, 3.8) is 0 Å². The second kappa shape index (κ2) is 7.79. The molecule has 0 saturated carbocycles. The van der Waals surface area contributed by atoms with Crippen LogP contribution in [0.1, 0.15) is 19.8 Å². The van der Waals surface area contributed by atoms with Gasteiger partial charge in [-0.2, -0.15) is 4.57 Å². The molecule has 0 bridgehead atoms. The van der Waals surface area contributed by atoms with Crippen molar-refractivity contribution in [3.8, 4) is 0 Å². The van der Waals surface area contributed by atoms with Gasteiger partial charge in [-0.15, -0.1) is 0 Å². The Morgan fingerprint density at radius 3 is 2.74 bits per heavy atom. The van der Waals surface area contributed by atoms with Gasteiger partial charge >= 0.3 is 5.97 Å². The first-order valence-corrected chi connectivity index (χ1v) is 11.0. The molecule has 0 radical (unpaired) electrons. The first kappa shape index (κ1) is 21.8. The van der Waals surface area contributed by atoms with Crippen LogP contribution >= 0.6 is 0 Å². The number of amides is 4. The van der Waals surface area contributed by atoms with Crippen molar-refractivity contribution < 1.29 is 33.6 Å². The number of hydrogen-bond donors (Lipinski definition) is 2. The molecule has 3 saturated heterocycles. The van der Waals surface area contributed by atoms with Gasteiger partial charge in [-0.05, 0) is 30.6 Å². The summed E-state index contributed by atoms with van der Waals surface area (Å²) in [6.45, 7) is 2.18. The van der Waals surface area contributed by atoms with E-state index in [0.29, 0.717) is 42.8 Å². The number of nitrogens with zero attached hydrogens (tertiary/aromatic N) is 4. The lowest BCUT2D eigenvalue weighted by molar-refractivity contribution is -0.683. The average molecular weight is 466 g/mol. The quantitative estimate of drug-likeness (QED) is 0.321. The number of nitrogens with two attached hydrogens (primary N) is 1. The Balaban J connectivity index is 1.44. The zero-order chi connectivity index (χ0) is 24.3. The van der Waals surface area contributed by atoms with E-state index in [4.69, 9.17) is 5.73 Å². The molecule has 11 nitrogen and oxygen atoms in total. The van der Waals surface area contributed by atoms with Gasteiger partial charge in [-0.25, -0.2) is 4.79 Å². The molecule has 34 heavy (non-hydrogen) atoms. The number of carboxylic acids is 1. The fourth-order valence-electron chi connectivity index (χ4n) is 5.58. The molecule has 0 aliphatic carbocycles. The highest BCUT2D eigenvalue weighted by Crippen LogP contribution is 2.47. The van der Waals surface area contributed by atoms with Crippen LogP contribution in [0.3, 0.4) is 0 Å². The molecule has 3 N–H and O–H groups in total. The molecule has 3 fully saturated rings. The van der Waals surface area contributed by atoms with Gasteiger partial charge in [-0.3, -0.25) is 24.1 Å². The molecule has 4 amide bonds. The monoisotopic (exact) mass is 466 g/mol. The normalized spacial score (nSPS) is 26.8. The number of β-lactam (4-membered cyclic amide) rings is 1. The van der Waals surface area contributed by atoms with Crippen LogP contribution in [0.25, 0.3) is 0 Å². The second-order valence-electron chi connectivity index (χ2n) is 9.04. The Kier molecular flexibility index (Phi) is 4.99. The third-order valence-corrected chi connectivity index (χ3v) is 6.96. The van der Waals surface area contributed by atoms with E-state index in [2.05, 4.69) is 0 Å². The van der Waals surface area contributed by atoms with E-state index >= 15 is 0 Å². The summed E-state index contributed by atoms with van der Waals surface area (Å²) < 4.78 is 1.59. The zero-order valence-corrected chi connectivity index (χ0v) is 18.5. The van der Waals surface area contributed by atoms with Crippen molar-refractivity contribution in [2.45, 2.75) is 38.4 Å². The Morgan fingerprint density at radius 2 is 2.06 bits per heavy atom. The average Bonchev–Trinajstić information content (AvgIpc) is 3.31. The molecule has 4 aliphatic rings. The second-order valence-corrected chi connectivity index (χ2v) is 9.04. The van der Waals surface area contributed by atoms with Crippen LogP contribution in [0.15, 0.2) is 47.4 Å². The third-order valence-electron chi connectivity index (χ3n) is 6.96. The van der Waals surface area contributed by atoms with Crippen molar-refractivity contribution in [2.24, 2.45) is 11.7 Å². The largest absolute Gasteiger partial charge is 0.477 e. The maximum absolute atomic E-state index is 13.2. The summed E-state index contributed by atoms with van der Waals surface area (Å²) in [7, 11) is 0. The number of aliphatic carboxylic acids is 1. The summed E-state index contributed by atoms with van der Waals surface area (Å²) in [5, 5.41) is 9.89. The predicted molar refractivity (Wildman–Crippen MR) is 115 cm³/mol. The fraction of sp³-hybridized carbons (Fsp3) is 0.391. The number of rotatable bonds is 5. The number of aromatic nitrogens is 1. The molecule has 11 heteroatoms. The Bertz CT molecular complexity index is 1220. The number of likely N-dealkylation sites (tertiary alicyclic amines) is 1. The Labute approximate surface area is 194 Å². The molecule has 0 aromatic carbocycles. The van der Waals surface area contributed by atoms with Crippen LogP contribution in [0.4, 0.5) is 5.69 Å². The lowest BCUT2D eigenvalue weighted by atomic mass is 9.79. The number of carbonyl (C=O) groups excluding carboxylic acids is 4. The van der Waals surface area contributed by atoms with Crippen molar-refractivity contribution in [1.29, 1.82) is 0 Å². The van der Waals surface area contributed by atoms with Gasteiger partial charge in [0, 0.05) is 37.6 Å². The Morgan fingerprint density at radius 1 is 1.29 bits per heavy atom. The minimum atomic E-state index is -1.23. The van der Waals surface area contributed by atoms with Gasteiger partial charge in [0.2, 0.25) is 12.5 Å². The van der Waals surface area contributed by atoms with Gasteiger partial charge in [0.05, 0.1) is 6.04 Å². The van der Waals surface area contributed by atoms with E-state index in [1.165, 1.54) is 16.7 Å². The van der Waals surface area contributed by atoms with E-state index in [1.807, 2.05) is 0 Å². The third kappa shape index (κ3) is 3.27. The first-order chi connectivity index (χ1) is 16.2. The molecule has 4 aliphatic heterocycles. The summed E-state index contributed by atoms with van der Waals surface area (Å²) in [5.41, 5.74) is 6.62. The van der Waals surface area contributed by atoms with Crippen LogP contribution in [-0.4, -0.2) is 69.7 Å². The van der Waals surface area contributed by atoms with Gasteiger partial charge in [0.15, 0.2) is 12.4 Å². The molecule has 5 heterocycles. The SMILES string of the molecule is CC(=O)N1C[C@H]2CC(/C=C3\CCN(c4ccc[n+](CC(N)=O)c4)C3=O)=C(C(=O)O)N3C(=O)[C@@H]1[C@@H]23. The van der Waals surface area contributed by atoms with Crippen molar-refractivity contribution >= 4 is 35.3 Å². The highest BCUT2D eigenvalue weighted by Gasteiger charge is 2.63. The van der Waals surface area contributed by atoms with E-state index in [-0.39, 0.29) is 36.0 Å². The number of carbonyl (C=O) groups is 5. The van der Waals surface area contributed by atoms with E-state index in [1.54, 1.807) is 40.1 Å². The van der Waals surface area contributed by atoms with Gasteiger partial charge in [0.1, 0.15) is 17.4 Å². The molecule has 176 valence electrons. The number of allylic oxidation sites excluding steroid dienone is 2. The van der Waals surface area contributed by atoms with E-state index in [0.717, 1.165) is 0 Å². The summed E-state index contributed by atoms with van der Waals surface area (Å²) in [6, 6.07) is 2.54. The molecule has 0 unspecified atom stereocenters. The molecule has 0 spiro atoms. The number of hydrogen-bond acceptors (Lipinski definition) is 5. The lowest BCUT2D eigenvalue weighted by Gasteiger charge is -2.49. The minimum Gasteiger partial charge on any atom is -0.477 e. The van der Waals surface area contributed by atoms with Gasteiger partial charge in [-0.1, -0.05) is 0 Å². The Hall–Kier alpha value is -4.02. The molecule has 3 atom stereocenters. The number of anilines is 1. The van der Waals surface area contributed by atoms with Gasteiger partial charge in [0.25, 0.3) is 17.7 Å². The summed E-state index contributed by atoms with van der Waals surface area (Å²) in [6.07, 6.45) is 5.71. The van der Waals surface area contributed by atoms with Crippen LogP contribution in [0.5, 0.6) is 0 Å². The van der Waals surface area contributed by atoms with Crippen molar-refractivity contribution in [1.82, 2.24) is 9.80 Å². The standard InChI is InChI=1S/C23H23N5O6/c1-12(29)27-9-15-8-14(19(23(33)34)28-18(15)20(27)22(28)32)7-13-4-6-26(21(13)31)16-3-2-5-25(10-16)11-17(24)30/h2-3,5,7,10,15,18,20H,4,6,8-9,11H2,1H3,(H2-,24,30,33,34)/p+1/b13-7+/t15-,18-,20+/m1/s1. The maximum Gasteiger partial charge on any atom is 0.352 e. The lowest BCUT2D eigenvalue weighted by Crippen LogP contribution is -2.69. The zero-order valence-electron chi connectivity index (χ0n) is 18.5. The maximum atomic E-state index is 13.2. The number of carboxylic acid groups (broad SMARTS) is 1. The molecular formula is C23H24N5O6+. The number of primary amides is 1. The van der Waals surface area contributed by atoms with Crippen molar-refractivity contribution in [3.05, 3.63) is 47.4 Å². The van der Waals surface area contributed by atoms with Crippen LogP contribution < -0.4 is 15.2 Å². The number of pyridine rings is 1. The van der Waals surface area contributed by atoms with Crippen LogP contribution in [0.2, 0.25) is 0 Å². The molecule has 1 aromatic heterocycles. The smallest absolute Gasteiger partial charge is 0.352 e. The van der Waals surface area contributed by atoms with E-state index in [9.17, 15) is 29.1 Å². The highest BCUT2D eigenvalue weighted by molar-refractivity contribution is 6.09. The van der Waals surface area contributed by atoms with E-state index < -0.39 is 23.8 Å². The summed E-state index contributed by atoms with van der Waals surface area (Å²) >= 11 is 0. The summed E-state index contributed by atoms with van der Waals surface area (Å²) in [5.74, 6) is -2.66. The van der Waals surface area contributed by atoms with Gasteiger partial charge < -0.3 is 20.6 Å².